The van der Waals surface area contributed by atoms with Gasteiger partial charge in [-0.05, 0) is 34.8 Å². The van der Waals surface area contributed by atoms with Crippen molar-refractivity contribution in [1.29, 1.82) is 0 Å². The standard InChI is InChI=1S/C10H16BrN3/c1-6(2)9-8(11)10(14-13-9)7-3-4-12-5-7/h6-7,12H,3-5H2,1-2H3,(H,13,14). The molecule has 1 aromatic rings. The third kappa shape index (κ3) is 1.73. The van der Waals surface area contributed by atoms with Crippen LogP contribution in [0.4, 0.5) is 0 Å². The maximum atomic E-state index is 4.36. The Morgan fingerprint density at radius 2 is 2.29 bits per heavy atom. The van der Waals surface area contributed by atoms with E-state index in [9.17, 15) is 0 Å². The van der Waals surface area contributed by atoms with Gasteiger partial charge in [0.15, 0.2) is 0 Å². The fourth-order valence-electron chi connectivity index (χ4n) is 1.91. The first-order valence-corrected chi connectivity index (χ1v) is 5.93. The number of nitrogens with zero attached hydrogens (tertiary/aromatic N) is 1. The third-order valence-corrected chi connectivity index (χ3v) is 3.61. The van der Waals surface area contributed by atoms with Crippen LogP contribution < -0.4 is 5.32 Å². The number of hydrogen-bond acceptors (Lipinski definition) is 2. The van der Waals surface area contributed by atoms with Gasteiger partial charge in [-0.2, -0.15) is 5.10 Å². The molecule has 4 heteroatoms. The molecule has 2 rings (SSSR count). The van der Waals surface area contributed by atoms with Gasteiger partial charge in [0.2, 0.25) is 0 Å². The highest BCUT2D eigenvalue weighted by Gasteiger charge is 2.23. The van der Waals surface area contributed by atoms with Crippen molar-refractivity contribution in [2.75, 3.05) is 13.1 Å². The van der Waals surface area contributed by atoms with Crippen molar-refractivity contribution in [2.24, 2.45) is 0 Å². The number of halogens is 1. The summed E-state index contributed by atoms with van der Waals surface area (Å²) < 4.78 is 1.18. The number of rotatable bonds is 2. The molecule has 0 bridgehead atoms. The van der Waals surface area contributed by atoms with Gasteiger partial charge in [-0.1, -0.05) is 13.8 Å². The normalized spacial score (nSPS) is 22.1. The maximum Gasteiger partial charge on any atom is 0.0792 e. The molecule has 0 saturated carbocycles. The zero-order valence-corrected chi connectivity index (χ0v) is 10.2. The van der Waals surface area contributed by atoms with Crippen molar-refractivity contribution in [2.45, 2.75) is 32.1 Å². The molecule has 1 unspecified atom stereocenters. The molecule has 1 aliphatic heterocycles. The molecule has 78 valence electrons. The van der Waals surface area contributed by atoms with Crippen LogP contribution in [0, 0.1) is 0 Å². The number of hydrogen-bond donors (Lipinski definition) is 2. The fourth-order valence-corrected chi connectivity index (χ4v) is 2.87. The second-order valence-corrected chi connectivity index (χ2v) is 4.97. The van der Waals surface area contributed by atoms with E-state index in [0.29, 0.717) is 11.8 Å². The van der Waals surface area contributed by atoms with Crippen LogP contribution in [0.2, 0.25) is 0 Å². The van der Waals surface area contributed by atoms with Gasteiger partial charge in [0, 0.05) is 12.5 Å². The van der Waals surface area contributed by atoms with Crippen LogP contribution in [0.5, 0.6) is 0 Å². The van der Waals surface area contributed by atoms with Gasteiger partial charge in [-0.3, -0.25) is 5.10 Å². The molecular weight excluding hydrogens is 242 g/mol. The molecule has 1 saturated heterocycles. The predicted octanol–water partition coefficient (Wildman–Crippen LogP) is 2.37. The van der Waals surface area contributed by atoms with Crippen molar-refractivity contribution in [3.8, 4) is 0 Å². The van der Waals surface area contributed by atoms with E-state index in [2.05, 4.69) is 45.3 Å². The summed E-state index contributed by atoms with van der Waals surface area (Å²) in [6.07, 6.45) is 1.21. The van der Waals surface area contributed by atoms with E-state index in [4.69, 9.17) is 0 Å². The first-order chi connectivity index (χ1) is 6.70. The van der Waals surface area contributed by atoms with Gasteiger partial charge in [-0.25, -0.2) is 0 Å². The molecule has 2 N–H and O–H groups in total. The average molecular weight is 258 g/mol. The van der Waals surface area contributed by atoms with Crippen LogP contribution in [-0.4, -0.2) is 23.3 Å². The van der Waals surface area contributed by atoms with E-state index in [0.717, 1.165) is 18.8 Å². The zero-order valence-electron chi connectivity index (χ0n) is 8.60. The second-order valence-electron chi connectivity index (χ2n) is 4.18. The highest BCUT2D eigenvalue weighted by molar-refractivity contribution is 9.10. The molecule has 0 radical (unpaired) electrons. The molecular formula is C10H16BrN3. The minimum absolute atomic E-state index is 0.476. The first kappa shape index (κ1) is 10.2. The molecule has 0 spiro atoms. The lowest BCUT2D eigenvalue weighted by atomic mass is 10.0. The average Bonchev–Trinajstić information content (AvgIpc) is 2.71. The Balaban J connectivity index is 2.26. The quantitative estimate of drug-likeness (QED) is 0.855. The number of aromatic nitrogens is 2. The van der Waals surface area contributed by atoms with Gasteiger partial charge in [0.1, 0.15) is 0 Å². The Morgan fingerprint density at radius 1 is 1.50 bits per heavy atom. The van der Waals surface area contributed by atoms with Crippen molar-refractivity contribution in [3.63, 3.8) is 0 Å². The summed E-state index contributed by atoms with van der Waals surface area (Å²) in [6, 6.07) is 0. The monoisotopic (exact) mass is 257 g/mol. The van der Waals surface area contributed by atoms with Crippen LogP contribution in [0.1, 0.15) is 43.5 Å². The molecule has 1 aromatic heterocycles. The van der Waals surface area contributed by atoms with Gasteiger partial charge >= 0.3 is 0 Å². The molecule has 3 nitrogen and oxygen atoms in total. The van der Waals surface area contributed by atoms with Crippen LogP contribution in [0.25, 0.3) is 0 Å². The van der Waals surface area contributed by atoms with E-state index in [-0.39, 0.29) is 0 Å². The molecule has 0 aliphatic carbocycles. The zero-order chi connectivity index (χ0) is 10.1. The number of aromatic amines is 1. The van der Waals surface area contributed by atoms with E-state index in [1.807, 2.05) is 0 Å². The fraction of sp³-hybridized carbons (Fsp3) is 0.700. The van der Waals surface area contributed by atoms with Gasteiger partial charge in [0.25, 0.3) is 0 Å². The number of nitrogens with one attached hydrogen (secondary N) is 2. The van der Waals surface area contributed by atoms with Crippen LogP contribution in [0.3, 0.4) is 0 Å². The molecule has 2 heterocycles. The Labute approximate surface area is 92.8 Å². The van der Waals surface area contributed by atoms with Crippen LogP contribution >= 0.6 is 15.9 Å². The minimum Gasteiger partial charge on any atom is -0.316 e. The van der Waals surface area contributed by atoms with Gasteiger partial charge in [0.05, 0.1) is 15.9 Å². The highest BCUT2D eigenvalue weighted by Crippen LogP contribution is 2.32. The molecule has 0 amide bonds. The van der Waals surface area contributed by atoms with E-state index in [1.165, 1.54) is 16.6 Å². The first-order valence-electron chi connectivity index (χ1n) is 5.14. The predicted molar refractivity (Wildman–Crippen MR) is 60.6 cm³/mol. The molecule has 0 aromatic carbocycles. The van der Waals surface area contributed by atoms with E-state index < -0.39 is 0 Å². The lowest BCUT2D eigenvalue weighted by Gasteiger charge is -2.06. The van der Waals surface area contributed by atoms with Gasteiger partial charge < -0.3 is 5.32 Å². The summed E-state index contributed by atoms with van der Waals surface area (Å²) in [5.74, 6) is 1.08. The third-order valence-electron chi connectivity index (χ3n) is 2.77. The molecule has 1 fully saturated rings. The summed E-state index contributed by atoms with van der Waals surface area (Å²) in [6.45, 7) is 6.51. The lowest BCUT2D eigenvalue weighted by Crippen LogP contribution is -2.08. The smallest absolute Gasteiger partial charge is 0.0792 e. The molecule has 1 atom stereocenters. The Hall–Kier alpha value is -0.350. The Kier molecular flexibility index (Phi) is 2.93. The van der Waals surface area contributed by atoms with Crippen LogP contribution in [-0.2, 0) is 0 Å². The van der Waals surface area contributed by atoms with E-state index >= 15 is 0 Å². The van der Waals surface area contributed by atoms with Crippen molar-refractivity contribution in [1.82, 2.24) is 15.5 Å². The van der Waals surface area contributed by atoms with E-state index in [1.54, 1.807) is 0 Å². The Bertz CT molecular complexity index is 313. The topological polar surface area (TPSA) is 40.7 Å². The molecule has 1 aliphatic rings. The van der Waals surface area contributed by atoms with Gasteiger partial charge in [-0.15, -0.1) is 0 Å². The lowest BCUT2D eigenvalue weighted by molar-refractivity contribution is 0.725. The highest BCUT2D eigenvalue weighted by atomic mass is 79.9. The number of H-pyrrole nitrogens is 1. The largest absolute Gasteiger partial charge is 0.316 e. The summed E-state index contributed by atoms with van der Waals surface area (Å²) in [5.41, 5.74) is 2.41. The van der Waals surface area contributed by atoms with Crippen molar-refractivity contribution in [3.05, 3.63) is 15.9 Å². The summed E-state index contributed by atoms with van der Waals surface area (Å²) >= 11 is 3.64. The van der Waals surface area contributed by atoms with Crippen LogP contribution in [0.15, 0.2) is 4.47 Å². The SMILES string of the molecule is CC(C)c1n[nH]c(C2CCNC2)c1Br. The summed E-state index contributed by atoms with van der Waals surface area (Å²) in [4.78, 5) is 0. The molecule has 14 heavy (non-hydrogen) atoms. The second kappa shape index (κ2) is 4.03. The summed E-state index contributed by atoms with van der Waals surface area (Å²) in [7, 11) is 0. The Morgan fingerprint density at radius 3 is 2.79 bits per heavy atom. The van der Waals surface area contributed by atoms with Crippen molar-refractivity contribution < 1.29 is 0 Å². The maximum absolute atomic E-state index is 4.36. The summed E-state index contributed by atoms with van der Waals surface area (Å²) in [5, 5.41) is 10.9. The van der Waals surface area contributed by atoms with Crippen molar-refractivity contribution >= 4 is 15.9 Å². The minimum atomic E-state index is 0.476.